The van der Waals surface area contributed by atoms with E-state index in [9.17, 15) is 4.79 Å². The summed E-state index contributed by atoms with van der Waals surface area (Å²) in [5, 5.41) is 5.12. The number of methoxy groups -OCH3 is 1. The Morgan fingerprint density at radius 3 is 2.65 bits per heavy atom. The predicted octanol–water partition coefficient (Wildman–Crippen LogP) is 2.49. The molecule has 0 aliphatic rings. The van der Waals surface area contributed by atoms with Crippen LogP contribution in [0, 0.1) is 0 Å². The molecule has 1 aromatic heterocycles. The third-order valence-electron chi connectivity index (χ3n) is 2.79. The number of nitrogens with one attached hydrogen (secondary N) is 1. The van der Waals surface area contributed by atoms with E-state index in [-0.39, 0.29) is 11.9 Å². The summed E-state index contributed by atoms with van der Waals surface area (Å²) >= 11 is 1.35. The second kappa shape index (κ2) is 6.60. The zero-order valence-corrected chi connectivity index (χ0v) is 12.2. The Kier molecular flexibility index (Phi) is 4.84. The topological polar surface area (TPSA) is 77.2 Å². The van der Waals surface area contributed by atoms with Crippen LogP contribution in [-0.4, -0.2) is 18.0 Å². The van der Waals surface area contributed by atoms with Gasteiger partial charge in [-0.25, -0.2) is 4.98 Å². The highest BCUT2D eigenvalue weighted by molar-refractivity contribution is 7.13. The van der Waals surface area contributed by atoms with Crippen LogP contribution in [0.25, 0.3) is 0 Å². The lowest BCUT2D eigenvalue weighted by atomic mass is 10.1. The third-order valence-corrected chi connectivity index (χ3v) is 3.57. The summed E-state index contributed by atoms with van der Waals surface area (Å²) in [6.07, 6.45) is -0.654. The largest absolute Gasteiger partial charge is 0.367 e. The molecule has 0 saturated heterocycles. The molecule has 1 amide bonds. The van der Waals surface area contributed by atoms with Crippen LogP contribution in [0.3, 0.4) is 0 Å². The summed E-state index contributed by atoms with van der Waals surface area (Å²) < 4.78 is 5.26. The normalized spacial score (nSPS) is 13.8. The molecule has 1 heterocycles. The predicted molar refractivity (Wildman–Crippen MR) is 79.5 cm³/mol. The first-order chi connectivity index (χ1) is 9.61. The van der Waals surface area contributed by atoms with Gasteiger partial charge in [-0.15, -0.1) is 11.3 Å². The van der Waals surface area contributed by atoms with E-state index in [1.54, 1.807) is 0 Å². The number of benzene rings is 1. The van der Waals surface area contributed by atoms with Gasteiger partial charge in [-0.2, -0.15) is 0 Å². The lowest BCUT2D eigenvalue weighted by Crippen LogP contribution is -2.22. The number of thiazole rings is 1. The fraction of sp³-hybridized carbons (Fsp3) is 0.286. The fourth-order valence-corrected chi connectivity index (χ4v) is 2.56. The fourth-order valence-electron chi connectivity index (χ4n) is 1.75. The summed E-state index contributed by atoms with van der Waals surface area (Å²) in [5.41, 5.74) is 7.31. The number of aromatic nitrogens is 1. The van der Waals surface area contributed by atoms with E-state index < -0.39 is 6.10 Å². The first-order valence-electron chi connectivity index (χ1n) is 6.21. The average Bonchev–Trinajstić information content (AvgIpc) is 2.89. The molecule has 2 atom stereocenters. The minimum atomic E-state index is -0.654. The number of carbonyl (C=O) groups is 1. The molecule has 0 radical (unpaired) electrons. The zero-order valence-electron chi connectivity index (χ0n) is 11.4. The summed E-state index contributed by atoms with van der Waals surface area (Å²) in [6.45, 7) is 1.85. The summed E-state index contributed by atoms with van der Waals surface area (Å²) in [6, 6.07) is 9.18. The molecule has 2 aromatic rings. The molecular weight excluding hydrogens is 274 g/mol. The van der Waals surface area contributed by atoms with E-state index in [2.05, 4.69) is 10.3 Å². The molecule has 1 aromatic carbocycles. The molecule has 0 aliphatic heterocycles. The highest BCUT2D eigenvalue weighted by Crippen LogP contribution is 2.22. The lowest BCUT2D eigenvalue weighted by Gasteiger charge is -2.14. The maximum atomic E-state index is 12.2. The number of ether oxygens (including phenoxy) is 1. The average molecular weight is 291 g/mol. The van der Waals surface area contributed by atoms with Crippen molar-refractivity contribution in [3.8, 4) is 0 Å². The number of nitrogens with zero attached hydrogens (tertiary/aromatic N) is 1. The van der Waals surface area contributed by atoms with Gasteiger partial charge in [-0.3, -0.25) is 10.1 Å². The molecular formula is C14H17N3O2S. The number of rotatable bonds is 5. The Balaban J connectivity index is 2.09. The molecule has 2 rings (SSSR count). The molecule has 0 saturated carbocycles. The van der Waals surface area contributed by atoms with E-state index in [0.717, 1.165) is 11.3 Å². The van der Waals surface area contributed by atoms with Crippen LogP contribution in [0.4, 0.5) is 5.13 Å². The number of anilines is 1. The Labute approximate surface area is 121 Å². The number of hydrogen-bond acceptors (Lipinski definition) is 5. The van der Waals surface area contributed by atoms with Crippen LogP contribution in [-0.2, 0) is 9.53 Å². The molecule has 0 fully saturated rings. The van der Waals surface area contributed by atoms with Crippen molar-refractivity contribution in [1.82, 2.24) is 4.98 Å². The van der Waals surface area contributed by atoms with Gasteiger partial charge >= 0.3 is 0 Å². The van der Waals surface area contributed by atoms with Gasteiger partial charge < -0.3 is 10.5 Å². The monoisotopic (exact) mass is 291 g/mol. The van der Waals surface area contributed by atoms with Crippen LogP contribution in [0.15, 0.2) is 35.7 Å². The van der Waals surface area contributed by atoms with Gasteiger partial charge in [0.2, 0.25) is 0 Å². The Morgan fingerprint density at radius 1 is 1.40 bits per heavy atom. The number of carbonyl (C=O) groups excluding carboxylic acids is 1. The molecule has 20 heavy (non-hydrogen) atoms. The maximum absolute atomic E-state index is 12.2. The van der Waals surface area contributed by atoms with Crippen LogP contribution >= 0.6 is 11.3 Å². The van der Waals surface area contributed by atoms with Gasteiger partial charge in [0.15, 0.2) is 11.2 Å². The lowest BCUT2D eigenvalue weighted by molar-refractivity contribution is -0.126. The van der Waals surface area contributed by atoms with Gasteiger partial charge in [-0.05, 0) is 12.5 Å². The van der Waals surface area contributed by atoms with Crippen molar-refractivity contribution < 1.29 is 9.53 Å². The van der Waals surface area contributed by atoms with Crippen LogP contribution in [0.1, 0.15) is 30.3 Å². The van der Waals surface area contributed by atoms with Gasteiger partial charge in [0.1, 0.15) is 0 Å². The molecule has 3 N–H and O–H groups in total. The second-order valence-electron chi connectivity index (χ2n) is 4.38. The van der Waals surface area contributed by atoms with Gasteiger partial charge in [0.25, 0.3) is 5.91 Å². The molecule has 6 heteroatoms. The smallest absolute Gasteiger partial charge is 0.259 e. The molecule has 5 nitrogen and oxygen atoms in total. The summed E-state index contributed by atoms with van der Waals surface area (Å²) in [5.74, 6) is -0.246. The van der Waals surface area contributed by atoms with Crippen LogP contribution < -0.4 is 11.1 Å². The van der Waals surface area contributed by atoms with E-state index in [1.165, 1.54) is 18.4 Å². The standard InChI is InChI=1S/C14H17N3O2S/c1-9(15)11-8-20-14(16-11)17-13(18)12(19-2)10-6-4-3-5-7-10/h3-9,12H,15H2,1-2H3,(H,16,17,18). The van der Waals surface area contributed by atoms with Gasteiger partial charge in [0.05, 0.1) is 5.69 Å². The quantitative estimate of drug-likeness (QED) is 0.887. The van der Waals surface area contributed by atoms with E-state index >= 15 is 0 Å². The van der Waals surface area contributed by atoms with Crippen molar-refractivity contribution in [3.05, 3.63) is 47.0 Å². The SMILES string of the molecule is COC(C(=O)Nc1nc(C(C)N)cs1)c1ccccc1. The summed E-state index contributed by atoms with van der Waals surface area (Å²) in [7, 11) is 1.51. The zero-order chi connectivity index (χ0) is 14.5. The van der Waals surface area contributed by atoms with E-state index in [4.69, 9.17) is 10.5 Å². The Morgan fingerprint density at radius 2 is 2.10 bits per heavy atom. The Hall–Kier alpha value is -1.76. The second-order valence-corrected chi connectivity index (χ2v) is 5.24. The van der Waals surface area contributed by atoms with Crippen LogP contribution in [0.5, 0.6) is 0 Å². The van der Waals surface area contributed by atoms with Crippen molar-refractivity contribution in [1.29, 1.82) is 0 Å². The molecule has 2 unspecified atom stereocenters. The first kappa shape index (κ1) is 14.6. The summed E-state index contributed by atoms with van der Waals surface area (Å²) in [4.78, 5) is 16.5. The van der Waals surface area contributed by atoms with Gasteiger partial charge in [-0.1, -0.05) is 30.3 Å². The van der Waals surface area contributed by atoms with Crippen LogP contribution in [0.2, 0.25) is 0 Å². The highest BCUT2D eigenvalue weighted by Gasteiger charge is 2.21. The molecule has 0 aliphatic carbocycles. The highest BCUT2D eigenvalue weighted by atomic mass is 32.1. The van der Waals surface area contributed by atoms with E-state index in [0.29, 0.717) is 5.13 Å². The molecule has 0 bridgehead atoms. The number of nitrogens with two attached hydrogens (primary N) is 1. The maximum Gasteiger partial charge on any atom is 0.259 e. The van der Waals surface area contributed by atoms with Crippen molar-refractivity contribution in [2.45, 2.75) is 19.1 Å². The van der Waals surface area contributed by atoms with E-state index in [1.807, 2.05) is 42.6 Å². The number of hydrogen-bond donors (Lipinski definition) is 2. The van der Waals surface area contributed by atoms with Crippen molar-refractivity contribution in [3.63, 3.8) is 0 Å². The van der Waals surface area contributed by atoms with Crippen molar-refractivity contribution >= 4 is 22.4 Å². The molecule has 106 valence electrons. The van der Waals surface area contributed by atoms with Gasteiger partial charge in [0, 0.05) is 18.5 Å². The Bertz CT molecular complexity index is 569. The first-order valence-corrected chi connectivity index (χ1v) is 7.09. The molecule has 0 spiro atoms. The minimum absolute atomic E-state index is 0.149. The van der Waals surface area contributed by atoms with Crippen molar-refractivity contribution in [2.75, 3.05) is 12.4 Å². The minimum Gasteiger partial charge on any atom is -0.367 e. The third kappa shape index (κ3) is 3.41. The number of amides is 1. The van der Waals surface area contributed by atoms with Crippen molar-refractivity contribution in [2.24, 2.45) is 5.73 Å².